The maximum atomic E-state index is 12.4. The number of nitrogens with zero attached hydrogens (tertiary/aromatic N) is 2. The van der Waals surface area contributed by atoms with Crippen LogP contribution >= 0.6 is 0 Å². The van der Waals surface area contributed by atoms with Crippen molar-refractivity contribution in [3.63, 3.8) is 0 Å². The molecule has 0 spiro atoms. The highest BCUT2D eigenvalue weighted by molar-refractivity contribution is 5.88. The Morgan fingerprint density at radius 3 is 2.38 bits per heavy atom. The third-order valence-electron chi connectivity index (χ3n) is 4.47. The van der Waals surface area contributed by atoms with Crippen LogP contribution in [0, 0.1) is 0 Å². The van der Waals surface area contributed by atoms with E-state index in [4.69, 9.17) is 9.84 Å². The van der Waals surface area contributed by atoms with E-state index < -0.39 is 11.6 Å². The highest BCUT2D eigenvalue weighted by Gasteiger charge is 2.31. The molecule has 144 valence electrons. The molecule has 1 aliphatic heterocycles. The zero-order valence-electron chi connectivity index (χ0n) is 16.2. The SMILES string of the molecule is CCCC[C@@H]1CN(C(=O)OC(C)(C)C)CCN1c1ccc(C(=O)O)cc1. The van der Waals surface area contributed by atoms with Crippen LogP contribution in [0.4, 0.5) is 10.5 Å². The van der Waals surface area contributed by atoms with E-state index in [2.05, 4.69) is 11.8 Å². The second-order valence-corrected chi connectivity index (χ2v) is 7.77. The minimum absolute atomic E-state index is 0.201. The monoisotopic (exact) mass is 362 g/mol. The lowest BCUT2D eigenvalue weighted by Gasteiger charge is -2.43. The smallest absolute Gasteiger partial charge is 0.410 e. The summed E-state index contributed by atoms with van der Waals surface area (Å²) in [5, 5.41) is 9.07. The summed E-state index contributed by atoms with van der Waals surface area (Å²) in [5.41, 5.74) is 0.783. The molecule has 1 fully saturated rings. The van der Waals surface area contributed by atoms with Crippen LogP contribution in [0.25, 0.3) is 0 Å². The minimum Gasteiger partial charge on any atom is -0.478 e. The maximum absolute atomic E-state index is 12.4. The first-order valence-corrected chi connectivity index (χ1v) is 9.29. The van der Waals surface area contributed by atoms with Crippen LogP contribution in [0.15, 0.2) is 24.3 Å². The van der Waals surface area contributed by atoms with Crippen molar-refractivity contribution >= 4 is 17.7 Å². The fourth-order valence-corrected chi connectivity index (χ4v) is 3.17. The second-order valence-electron chi connectivity index (χ2n) is 7.77. The van der Waals surface area contributed by atoms with Crippen molar-refractivity contribution in [2.24, 2.45) is 0 Å². The summed E-state index contributed by atoms with van der Waals surface area (Å²) in [6.45, 7) is 9.70. The normalized spacial score (nSPS) is 17.9. The topological polar surface area (TPSA) is 70.1 Å². The second kappa shape index (κ2) is 8.43. The molecular formula is C20H30N2O4. The number of hydrogen-bond acceptors (Lipinski definition) is 4. The molecule has 0 aliphatic carbocycles. The predicted molar refractivity (Wildman–Crippen MR) is 102 cm³/mol. The standard InChI is InChI=1S/C20H30N2O4/c1-5-6-7-17-14-21(19(25)26-20(2,3)4)12-13-22(17)16-10-8-15(9-11-16)18(23)24/h8-11,17H,5-7,12-14H2,1-4H3,(H,23,24)/t17-/m1/s1. The number of amides is 1. The molecule has 1 aliphatic rings. The van der Waals surface area contributed by atoms with Crippen molar-refractivity contribution in [1.82, 2.24) is 4.90 Å². The molecule has 1 aromatic rings. The fourth-order valence-electron chi connectivity index (χ4n) is 3.17. The van der Waals surface area contributed by atoms with Crippen LogP contribution in [0.2, 0.25) is 0 Å². The van der Waals surface area contributed by atoms with Gasteiger partial charge in [0.15, 0.2) is 0 Å². The van der Waals surface area contributed by atoms with Gasteiger partial charge in [-0.2, -0.15) is 0 Å². The van der Waals surface area contributed by atoms with E-state index >= 15 is 0 Å². The van der Waals surface area contributed by atoms with Crippen molar-refractivity contribution in [3.8, 4) is 0 Å². The van der Waals surface area contributed by atoms with E-state index in [1.807, 2.05) is 32.9 Å². The van der Waals surface area contributed by atoms with Gasteiger partial charge in [0.05, 0.1) is 5.56 Å². The largest absolute Gasteiger partial charge is 0.478 e. The Labute approximate surface area is 155 Å². The van der Waals surface area contributed by atoms with Gasteiger partial charge in [-0.25, -0.2) is 9.59 Å². The Morgan fingerprint density at radius 1 is 1.19 bits per heavy atom. The molecule has 1 atom stereocenters. The number of ether oxygens (including phenoxy) is 1. The van der Waals surface area contributed by atoms with Crippen molar-refractivity contribution < 1.29 is 19.4 Å². The first-order chi connectivity index (χ1) is 12.2. The van der Waals surface area contributed by atoms with Crippen LogP contribution in [0.1, 0.15) is 57.3 Å². The van der Waals surface area contributed by atoms with Gasteiger partial charge in [0, 0.05) is 31.4 Å². The quantitative estimate of drug-likeness (QED) is 0.857. The van der Waals surface area contributed by atoms with E-state index in [0.717, 1.165) is 24.9 Å². The lowest BCUT2D eigenvalue weighted by atomic mass is 10.0. The molecule has 1 aromatic carbocycles. The summed E-state index contributed by atoms with van der Waals surface area (Å²) in [6.07, 6.45) is 2.89. The Bertz CT molecular complexity index is 622. The van der Waals surface area contributed by atoms with E-state index in [1.165, 1.54) is 0 Å². The van der Waals surface area contributed by atoms with Gasteiger partial charge in [-0.3, -0.25) is 0 Å². The number of carbonyl (C=O) groups is 2. The van der Waals surface area contributed by atoms with Crippen molar-refractivity contribution in [3.05, 3.63) is 29.8 Å². The molecule has 0 aromatic heterocycles. The van der Waals surface area contributed by atoms with Gasteiger partial charge in [0.2, 0.25) is 0 Å². The Balaban J connectivity index is 2.12. The average molecular weight is 362 g/mol. The van der Waals surface area contributed by atoms with E-state index in [0.29, 0.717) is 19.6 Å². The van der Waals surface area contributed by atoms with Crippen LogP contribution in [-0.4, -0.2) is 53.3 Å². The number of carbonyl (C=O) groups excluding carboxylic acids is 1. The summed E-state index contributed by atoms with van der Waals surface area (Å²) >= 11 is 0. The molecule has 1 saturated heterocycles. The number of unbranched alkanes of at least 4 members (excludes halogenated alkanes) is 1. The molecule has 0 unspecified atom stereocenters. The van der Waals surface area contributed by atoms with Crippen molar-refractivity contribution in [2.75, 3.05) is 24.5 Å². The van der Waals surface area contributed by atoms with Gasteiger partial charge in [-0.15, -0.1) is 0 Å². The zero-order chi connectivity index (χ0) is 19.3. The number of aromatic carboxylic acids is 1. The van der Waals surface area contributed by atoms with Gasteiger partial charge < -0.3 is 19.6 Å². The predicted octanol–water partition coefficient (Wildman–Crippen LogP) is 4.00. The molecule has 2 rings (SSSR count). The van der Waals surface area contributed by atoms with Crippen LogP contribution in [0.3, 0.4) is 0 Å². The first-order valence-electron chi connectivity index (χ1n) is 9.29. The summed E-state index contributed by atoms with van der Waals surface area (Å²) in [5.74, 6) is -0.922. The fraction of sp³-hybridized carbons (Fsp3) is 0.600. The number of anilines is 1. The van der Waals surface area contributed by atoms with Crippen LogP contribution in [-0.2, 0) is 4.74 Å². The Morgan fingerprint density at radius 2 is 1.85 bits per heavy atom. The summed E-state index contributed by atoms with van der Waals surface area (Å²) in [7, 11) is 0. The van der Waals surface area contributed by atoms with Gasteiger partial charge in [-0.05, 0) is 51.5 Å². The summed E-state index contributed by atoms with van der Waals surface area (Å²) in [6, 6.07) is 7.17. The van der Waals surface area contributed by atoms with E-state index in [1.54, 1.807) is 17.0 Å². The average Bonchev–Trinajstić information content (AvgIpc) is 2.58. The minimum atomic E-state index is -0.922. The molecule has 1 N–H and O–H groups in total. The third-order valence-corrected chi connectivity index (χ3v) is 4.47. The third kappa shape index (κ3) is 5.38. The Hall–Kier alpha value is -2.24. The number of carboxylic acid groups (broad SMARTS) is 1. The van der Waals surface area contributed by atoms with Gasteiger partial charge in [0.1, 0.15) is 5.60 Å². The molecular weight excluding hydrogens is 332 g/mol. The van der Waals surface area contributed by atoms with Gasteiger partial charge >= 0.3 is 12.1 Å². The molecule has 1 heterocycles. The Kier molecular flexibility index (Phi) is 6.51. The zero-order valence-corrected chi connectivity index (χ0v) is 16.2. The number of hydrogen-bond donors (Lipinski definition) is 1. The van der Waals surface area contributed by atoms with E-state index in [-0.39, 0.29) is 17.7 Å². The van der Waals surface area contributed by atoms with Gasteiger partial charge in [0.25, 0.3) is 0 Å². The molecule has 6 heteroatoms. The van der Waals surface area contributed by atoms with E-state index in [9.17, 15) is 9.59 Å². The van der Waals surface area contributed by atoms with Gasteiger partial charge in [-0.1, -0.05) is 19.8 Å². The molecule has 0 saturated carbocycles. The first kappa shape index (κ1) is 20.1. The molecule has 0 bridgehead atoms. The van der Waals surface area contributed by atoms with Crippen molar-refractivity contribution in [2.45, 2.75) is 58.6 Å². The lowest BCUT2D eigenvalue weighted by Crippen LogP contribution is -2.55. The lowest BCUT2D eigenvalue weighted by molar-refractivity contribution is 0.0211. The number of carboxylic acids is 1. The number of rotatable bonds is 5. The van der Waals surface area contributed by atoms with Crippen LogP contribution < -0.4 is 4.90 Å². The summed E-state index contributed by atoms with van der Waals surface area (Å²) in [4.78, 5) is 27.5. The van der Waals surface area contributed by atoms with Crippen LogP contribution in [0.5, 0.6) is 0 Å². The molecule has 1 amide bonds. The highest BCUT2D eigenvalue weighted by atomic mass is 16.6. The number of piperazine rings is 1. The highest BCUT2D eigenvalue weighted by Crippen LogP contribution is 2.25. The summed E-state index contributed by atoms with van der Waals surface area (Å²) < 4.78 is 5.52. The van der Waals surface area contributed by atoms with Crippen molar-refractivity contribution in [1.29, 1.82) is 0 Å². The number of benzene rings is 1. The molecule has 6 nitrogen and oxygen atoms in total. The molecule has 26 heavy (non-hydrogen) atoms. The maximum Gasteiger partial charge on any atom is 0.410 e. The molecule has 0 radical (unpaired) electrons.